The number of nitrogens with zero attached hydrogens (tertiary/aromatic N) is 1. The Labute approximate surface area is 102 Å². The Morgan fingerprint density at radius 1 is 1.69 bits per heavy atom. The third kappa shape index (κ3) is 2.91. The lowest BCUT2D eigenvalue weighted by molar-refractivity contribution is 0.157. The van der Waals surface area contributed by atoms with E-state index in [4.69, 9.17) is 22.7 Å². The molecule has 2 unspecified atom stereocenters. The molecule has 7 heteroatoms. The first kappa shape index (κ1) is 13.8. The Kier molecular flexibility index (Phi) is 4.66. The van der Waals surface area contributed by atoms with Gasteiger partial charge in [0.25, 0.3) is 0 Å². The first-order valence-electron chi connectivity index (χ1n) is 5.16. The molecule has 0 aliphatic carbocycles. The van der Waals surface area contributed by atoms with Crippen LogP contribution in [0.15, 0.2) is 0 Å². The Balaban J connectivity index is 2.69. The molecule has 5 nitrogen and oxygen atoms in total. The van der Waals surface area contributed by atoms with Crippen molar-refractivity contribution in [1.82, 2.24) is 4.31 Å². The average Bonchev–Trinajstić information content (AvgIpc) is 2.66. The molecule has 1 aliphatic heterocycles. The van der Waals surface area contributed by atoms with Crippen LogP contribution < -0.4 is 5.73 Å². The molecule has 0 aromatic heterocycles. The highest BCUT2D eigenvalue weighted by molar-refractivity contribution is 7.92. The lowest BCUT2D eigenvalue weighted by atomic mass is 10.1. The predicted molar refractivity (Wildman–Crippen MR) is 66.7 cm³/mol. The molecule has 94 valence electrons. The van der Waals surface area contributed by atoms with E-state index in [1.807, 2.05) is 0 Å². The minimum Gasteiger partial charge on any atom is -0.392 e. The smallest absolute Gasteiger partial charge is 0.223 e. The van der Waals surface area contributed by atoms with Crippen LogP contribution in [-0.4, -0.2) is 49.8 Å². The van der Waals surface area contributed by atoms with Gasteiger partial charge in [-0.2, -0.15) is 0 Å². The molecule has 2 N–H and O–H groups in total. The lowest BCUT2D eigenvalue weighted by Crippen LogP contribution is -2.42. The van der Waals surface area contributed by atoms with E-state index < -0.39 is 15.3 Å². The summed E-state index contributed by atoms with van der Waals surface area (Å²) in [5.41, 5.74) is 5.38. The highest BCUT2D eigenvalue weighted by Gasteiger charge is 2.35. The van der Waals surface area contributed by atoms with Gasteiger partial charge in [-0.25, -0.2) is 12.7 Å². The van der Waals surface area contributed by atoms with Crippen molar-refractivity contribution in [2.75, 3.05) is 26.8 Å². The van der Waals surface area contributed by atoms with E-state index in [0.29, 0.717) is 19.7 Å². The summed E-state index contributed by atoms with van der Waals surface area (Å²) in [5.74, 6) is 0.276. The zero-order valence-electron chi connectivity index (χ0n) is 9.55. The minimum atomic E-state index is -3.38. The number of ether oxygens (including phenoxy) is 1. The summed E-state index contributed by atoms with van der Waals surface area (Å²) < 4.78 is 30.6. The second-order valence-corrected chi connectivity index (χ2v) is 6.78. The molecule has 1 rings (SSSR count). The highest BCUT2D eigenvalue weighted by atomic mass is 32.2. The first-order chi connectivity index (χ1) is 7.39. The van der Waals surface area contributed by atoms with Gasteiger partial charge >= 0.3 is 0 Å². The van der Waals surface area contributed by atoms with Gasteiger partial charge in [0.1, 0.15) is 5.25 Å². The molecule has 0 saturated carbocycles. The summed E-state index contributed by atoms with van der Waals surface area (Å²) in [6, 6.07) is 0. The molecule has 1 fully saturated rings. The topological polar surface area (TPSA) is 72.6 Å². The number of sulfonamides is 1. The molecule has 1 aliphatic rings. The Morgan fingerprint density at radius 3 is 2.81 bits per heavy atom. The Bertz CT molecular complexity index is 356. The van der Waals surface area contributed by atoms with Crippen molar-refractivity contribution in [2.24, 2.45) is 11.7 Å². The van der Waals surface area contributed by atoms with Crippen molar-refractivity contribution in [3.05, 3.63) is 0 Å². The van der Waals surface area contributed by atoms with Gasteiger partial charge in [0.2, 0.25) is 10.0 Å². The average molecular weight is 266 g/mol. The van der Waals surface area contributed by atoms with Gasteiger partial charge in [0, 0.05) is 20.2 Å². The fourth-order valence-corrected chi connectivity index (χ4v) is 3.65. The number of rotatable bonds is 5. The normalized spacial score (nSPS) is 24.5. The summed E-state index contributed by atoms with van der Waals surface area (Å²) in [4.78, 5) is 0.0233. The quantitative estimate of drug-likeness (QED) is 0.707. The molecule has 0 spiro atoms. The third-order valence-corrected chi connectivity index (χ3v) is 5.56. The van der Waals surface area contributed by atoms with Gasteiger partial charge in [-0.1, -0.05) is 12.2 Å². The van der Waals surface area contributed by atoms with E-state index in [2.05, 4.69) is 0 Å². The van der Waals surface area contributed by atoms with Crippen molar-refractivity contribution in [1.29, 1.82) is 0 Å². The summed E-state index contributed by atoms with van der Waals surface area (Å²) in [5, 5.41) is -0.788. The van der Waals surface area contributed by atoms with Crippen molar-refractivity contribution in [3.8, 4) is 0 Å². The maximum atomic E-state index is 12.0. The number of thiocarbonyl (C=S) groups is 1. The van der Waals surface area contributed by atoms with Crippen LogP contribution in [0.25, 0.3) is 0 Å². The summed E-state index contributed by atoms with van der Waals surface area (Å²) in [6.45, 7) is 3.15. The van der Waals surface area contributed by atoms with Gasteiger partial charge < -0.3 is 10.5 Å². The first-order valence-corrected chi connectivity index (χ1v) is 7.08. The highest BCUT2D eigenvalue weighted by Crippen LogP contribution is 2.22. The molecule has 0 aromatic carbocycles. The molecule has 2 atom stereocenters. The monoisotopic (exact) mass is 266 g/mol. The van der Waals surface area contributed by atoms with Crippen LogP contribution in [0.1, 0.15) is 13.3 Å². The van der Waals surface area contributed by atoms with Crippen LogP contribution in [0, 0.1) is 5.92 Å². The van der Waals surface area contributed by atoms with Crippen LogP contribution in [0.3, 0.4) is 0 Å². The zero-order chi connectivity index (χ0) is 12.3. The minimum absolute atomic E-state index is 0.0233. The van der Waals surface area contributed by atoms with Gasteiger partial charge in [-0.05, 0) is 19.3 Å². The number of methoxy groups -OCH3 is 1. The van der Waals surface area contributed by atoms with E-state index in [9.17, 15) is 8.42 Å². The van der Waals surface area contributed by atoms with Gasteiger partial charge in [0.05, 0.1) is 11.6 Å². The maximum absolute atomic E-state index is 12.0. The third-order valence-electron chi connectivity index (χ3n) is 2.86. The summed E-state index contributed by atoms with van der Waals surface area (Å²) in [6.07, 6.45) is 0.830. The summed E-state index contributed by atoms with van der Waals surface area (Å²) in [7, 11) is -1.76. The van der Waals surface area contributed by atoms with E-state index in [1.54, 1.807) is 7.11 Å². The van der Waals surface area contributed by atoms with Gasteiger partial charge in [-0.3, -0.25) is 0 Å². The van der Waals surface area contributed by atoms with Crippen LogP contribution >= 0.6 is 12.2 Å². The van der Waals surface area contributed by atoms with Crippen LogP contribution in [0.2, 0.25) is 0 Å². The molecule has 0 radical (unpaired) electrons. The maximum Gasteiger partial charge on any atom is 0.223 e. The predicted octanol–water partition coefficient (Wildman–Crippen LogP) is -0.0409. The zero-order valence-corrected chi connectivity index (χ0v) is 11.2. The molecule has 1 heterocycles. The van der Waals surface area contributed by atoms with Crippen molar-refractivity contribution >= 4 is 27.2 Å². The van der Waals surface area contributed by atoms with Crippen molar-refractivity contribution in [3.63, 3.8) is 0 Å². The molecule has 16 heavy (non-hydrogen) atoms. The van der Waals surface area contributed by atoms with E-state index in [0.717, 1.165) is 6.42 Å². The number of nitrogens with two attached hydrogens (primary N) is 1. The second kappa shape index (κ2) is 5.39. The van der Waals surface area contributed by atoms with Crippen molar-refractivity contribution in [2.45, 2.75) is 18.6 Å². The number of hydrogen-bond donors (Lipinski definition) is 1. The molecular weight excluding hydrogens is 248 g/mol. The van der Waals surface area contributed by atoms with Gasteiger partial charge in [0.15, 0.2) is 0 Å². The Morgan fingerprint density at radius 2 is 2.31 bits per heavy atom. The van der Waals surface area contributed by atoms with Crippen LogP contribution in [0.5, 0.6) is 0 Å². The van der Waals surface area contributed by atoms with Crippen molar-refractivity contribution < 1.29 is 13.2 Å². The largest absolute Gasteiger partial charge is 0.392 e. The van der Waals surface area contributed by atoms with E-state index in [-0.39, 0.29) is 10.9 Å². The SMILES string of the molecule is COCC1CCN(S(=O)(=O)C(C)C(N)=S)C1. The molecule has 0 bridgehead atoms. The lowest BCUT2D eigenvalue weighted by Gasteiger charge is -2.20. The molecule has 1 saturated heterocycles. The van der Waals surface area contributed by atoms with E-state index >= 15 is 0 Å². The summed E-state index contributed by atoms with van der Waals surface area (Å²) >= 11 is 4.73. The van der Waals surface area contributed by atoms with Crippen LogP contribution in [-0.2, 0) is 14.8 Å². The van der Waals surface area contributed by atoms with Crippen LogP contribution in [0.4, 0.5) is 0 Å². The second-order valence-electron chi connectivity index (χ2n) is 4.06. The fraction of sp³-hybridized carbons (Fsp3) is 0.889. The molecule has 0 amide bonds. The number of hydrogen-bond acceptors (Lipinski definition) is 4. The molecule has 0 aromatic rings. The van der Waals surface area contributed by atoms with E-state index in [1.165, 1.54) is 11.2 Å². The fourth-order valence-electron chi connectivity index (χ4n) is 1.77. The Hall–Kier alpha value is -0.240. The molecular formula is C9H18N2O3S2. The standard InChI is InChI=1S/C9H18N2O3S2/c1-7(9(10)15)16(12,13)11-4-3-8(5-11)6-14-2/h7-8H,3-6H2,1-2H3,(H2,10,15). The van der Waals surface area contributed by atoms with Gasteiger partial charge in [-0.15, -0.1) is 0 Å².